The molecule has 0 aromatic carbocycles. The first-order valence-corrected chi connectivity index (χ1v) is 9.12. The standard InChI is InChI=1S/C17H27F3N2O3/c1-25-12-2-3-13-10(8-12)9-14(16(23)24)21-15(13)22-6-4-11(5-7-22)17(18,19)20/h10-15,21H,2-9H2,1H3,(H,23,24). The summed E-state index contributed by atoms with van der Waals surface area (Å²) in [5.74, 6) is -1.59. The molecule has 0 spiro atoms. The number of aliphatic carboxylic acids is 1. The minimum atomic E-state index is -4.13. The smallest absolute Gasteiger partial charge is 0.391 e. The summed E-state index contributed by atoms with van der Waals surface area (Å²) < 4.78 is 44.2. The average Bonchev–Trinajstić information content (AvgIpc) is 2.59. The highest BCUT2D eigenvalue weighted by molar-refractivity contribution is 5.73. The number of likely N-dealkylation sites (tertiary alicyclic amines) is 1. The number of carbonyl (C=O) groups is 1. The van der Waals surface area contributed by atoms with Gasteiger partial charge in [0.25, 0.3) is 0 Å². The third kappa shape index (κ3) is 4.11. The zero-order chi connectivity index (χ0) is 18.2. The quantitative estimate of drug-likeness (QED) is 0.806. The van der Waals surface area contributed by atoms with Crippen LogP contribution in [0.3, 0.4) is 0 Å². The van der Waals surface area contributed by atoms with Gasteiger partial charge in [-0.2, -0.15) is 13.2 Å². The number of rotatable bonds is 3. The van der Waals surface area contributed by atoms with E-state index in [1.165, 1.54) is 0 Å². The molecule has 144 valence electrons. The Hall–Kier alpha value is -0.860. The molecule has 0 aromatic heterocycles. The van der Waals surface area contributed by atoms with Crippen LogP contribution in [0, 0.1) is 17.8 Å². The maximum Gasteiger partial charge on any atom is 0.391 e. The zero-order valence-corrected chi connectivity index (χ0v) is 14.5. The second kappa shape index (κ2) is 7.40. The highest BCUT2D eigenvalue weighted by Crippen LogP contribution is 2.42. The molecule has 2 heterocycles. The van der Waals surface area contributed by atoms with Crippen LogP contribution in [0.4, 0.5) is 13.2 Å². The molecule has 3 fully saturated rings. The number of halogens is 3. The van der Waals surface area contributed by atoms with Gasteiger partial charge in [-0.05, 0) is 50.4 Å². The van der Waals surface area contributed by atoms with Crippen LogP contribution in [-0.2, 0) is 9.53 Å². The molecular weight excluding hydrogens is 337 g/mol. The highest BCUT2D eigenvalue weighted by Gasteiger charge is 2.47. The number of alkyl halides is 3. The molecule has 2 saturated heterocycles. The Morgan fingerprint density at radius 3 is 2.40 bits per heavy atom. The lowest BCUT2D eigenvalue weighted by Gasteiger charge is -2.51. The number of methoxy groups -OCH3 is 1. The fourth-order valence-electron chi connectivity index (χ4n) is 4.90. The van der Waals surface area contributed by atoms with Crippen LogP contribution in [0.5, 0.6) is 0 Å². The Kier molecular flexibility index (Phi) is 5.60. The lowest BCUT2D eigenvalue weighted by Crippen LogP contribution is -2.63. The van der Waals surface area contributed by atoms with Crippen molar-refractivity contribution in [2.24, 2.45) is 17.8 Å². The second-order valence-corrected chi connectivity index (χ2v) is 7.68. The molecule has 3 aliphatic rings. The summed E-state index contributed by atoms with van der Waals surface area (Å²) in [5.41, 5.74) is 0. The van der Waals surface area contributed by atoms with E-state index >= 15 is 0 Å². The van der Waals surface area contributed by atoms with Crippen LogP contribution in [0.25, 0.3) is 0 Å². The van der Waals surface area contributed by atoms with Crippen molar-refractivity contribution in [3.8, 4) is 0 Å². The topological polar surface area (TPSA) is 61.8 Å². The fourth-order valence-corrected chi connectivity index (χ4v) is 4.90. The predicted octanol–water partition coefficient (Wildman–Crippen LogP) is 2.46. The van der Waals surface area contributed by atoms with Crippen molar-refractivity contribution < 1.29 is 27.8 Å². The maximum atomic E-state index is 12.9. The molecule has 2 N–H and O–H groups in total. The molecule has 2 aliphatic heterocycles. The number of hydrogen-bond acceptors (Lipinski definition) is 4. The van der Waals surface area contributed by atoms with Gasteiger partial charge < -0.3 is 9.84 Å². The Morgan fingerprint density at radius 2 is 1.84 bits per heavy atom. The van der Waals surface area contributed by atoms with Crippen molar-refractivity contribution in [2.45, 2.75) is 63.0 Å². The summed E-state index contributed by atoms with van der Waals surface area (Å²) in [6.07, 6.45) is -0.683. The van der Waals surface area contributed by atoms with Crippen LogP contribution < -0.4 is 5.32 Å². The predicted molar refractivity (Wildman–Crippen MR) is 84.9 cm³/mol. The summed E-state index contributed by atoms with van der Waals surface area (Å²) in [4.78, 5) is 13.6. The minimum Gasteiger partial charge on any atom is -0.480 e. The van der Waals surface area contributed by atoms with Gasteiger partial charge in [0.05, 0.1) is 18.2 Å². The summed E-state index contributed by atoms with van der Waals surface area (Å²) in [6, 6.07) is -0.637. The lowest BCUT2D eigenvalue weighted by atomic mass is 9.70. The largest absolute Gasteiger partial charge is 0.480 e. The third-order valence-corrected chi connectivity index (χ3v) is 6.33. The molecule has 0 bridgehead atoms. The zero-order valence-electron chi connectivity index (χ0n) is 14.5. The highest BCUT2D eigenvalue weighted by atomic mass is 19.4. The number of nitrogens with one attached hydrogen (secondary N) is 1. The number of carboxylic acid groups (broad SMARTS) is 1. The van der Waals surface area contributed by atoms with Crippen molar-refractivity contribution in [3.63, 3.8) is 0 Å². The van der Waals surface area contributed by atoms with Crippen LogP contribution in [-0.4, -0.2) is 60.7 Å². The Morgan fingerprint density at radius 1 is 1.16 bits per heavy atom. The first-order chi connectivity index (χ1) is 11.8. The number of hydrogen-bond donors (Lipinski definition) is 2. The molecule has 8 heteroatoms. The fraction of sp³-hybridized carbons (Fsp3) is 0.941. The molecule has 0 aromatic rings. The van der Waals surface area contributed by atoms with Crippen LogP contribution in [0.1, 0.15) is 38.5 Å². The van der Waals surface area contributed by atoms with Gasteiger partial charge in [0.15, 0.2) is 0 Å². The number of carboxylic acids is 1. The first-order valence-electron chi connectivity index (χ1n) is 9.12. The van der Waals surface area contributed by atoms with Gasteiger partial charge >= 0.3 is 12.1 Å². The van der Waals surface area contributed by atoms with Gasteiger partial charge in [-0.3, -0.25) is 15.0 Å². The SMILES string of the molecule is COC1CCC2C(C1)CC(C(=O)O)NC2N1CCC(C(F)(F)F)CC1. The number of nitrogens with zero attached hydrogens (tertiary/aromatic N) is 1. The maximum absolute atomic E-state index is 12.9. The molecule has 0 radical (unpaired) electrons. The van der Waals surface area contributed by atoms with E-state index in [0.29, 0.717) is 19.5 Å². The van der Waals surface area contributed by atoms with Crippen molar-refractivity contribution in [3.05, 3.63) is 0 Å². The first kappa shape index (κ1) is 18.9. The molecule has 25 heavy (non-hydrogen) atoms. The average molecular weight is 364 g/mol. The van der Waals surface area contributed by atoms with Crippen molar-refractivity contribution in [1.82, 2.24) is 10.2 Å². The van der Waals surface area contributed by atoms with E-state index < -0.39 is 24.1 Å². The molecule has 1 aliphatic carbocycles. The van der Waals surface area contributed by atoms with Gasteiger partial charge in [0.1, 0.15) is 6.04 Å². The van der Waals surface area contributed by atoms with Crippen molar-refractivity contribution in [1.29, 1.82) is 0 Å². The molecule has 5 atom stereocenters. The van der Waals surface area contributed by atoms with Gasteiger partial charge in [0, 0.05) is 20.2 Å². The van der Waals surface area contributed by atoms with Gasteiger partial charge in [0.2, 0.25) is 0 Å². The molecule has 3 rings (SSSR count). The molecule has 5 unspecified atom stereocenters. The Labute approximate surface area is 145 Å². The van der Waals surface area contributed by atoms with Crippen LogP contribution in [0.2, 0.25) is 0 Å². The Bertz CT molecular complexity index is 480. The van der Waals surface area contributed by atoms with E-state index in [-0.39, 0.29) is 36.9 Å². The number of piperidine rings is 2. The third-order valence-electron chi connectivity index (χ3n) is 6.33. The monoisotopic (exact) mass is 364 g/mol. The summed E-state index contributed by atoms with van der Waals surface area (Å²) in [7, 11) is 1.68. The molecular formula is C17H27F3N2O3. The summed E-state index contributed by atoms with van der Waals surface area (Å²) >= 11 is 0. The van der Waals surface area contributed by atoms with Crippen LogP contribution in [0.15, 0.2) is 0 Å². The van der Waals surface area contributed by atoms with Crippen molar-refractivity contribution in [2.75, 3.05) is 20.2 Å². The summed E-state index contributed by atoms with van der Waals surface area (Å²) in [5, 5.41) is 12.7. The lowest BCUT2D eigenvalue weighted by molar-refractivity contribution is -0.188. The van der Waals surface area contributed by atoms with Crippen LogP contribution >= 0.6 is 0 Å². The van der Waals surface area contributed by atoms with E-state index in [1.807, 2.05) is 4.90 Å². The van der Waals surface area contributed by atoms with E-state index in [1.54, 1.807) is 7.11 Å². The van der Waals surface area contributed by atoms with E-state index in [9.17, 15) is 23.1 Å². The minimum absolute atomic E-state index is 0.0947. The van der Waals surface area contributed by atoms with Gasteiger partial charge in [-0.25, -0.2) is 0 Å². The second-order valence-electron chi connectivity index (χ2n) is 7.68. The van der Waals surface area contributed by atoms with E-state index in [0.717, 1.165) is 19.3 Å². The molecule has 5 nitrogen and oxygen atoms in total. The molecule has 0 amide bonds. The number of ether oxygens (including phenoxy) is 1. The Balaban J connectivity index is 1.69. The van der Waals surface area contributed by atoms with E-state index in [4.69, 9.17) is 4.74 Å². The number of fused-ring (bicyclic) bond motifs is 1. The van der Waals surface area contributed by atoms with Gasteiger partial charge in [-0.15, -0.1) is 0 Å². The molecule has 1 saturated carbocycles. The van der Waals surface area contributed by atoms with Crippen molar-refractivity contribution >= 4 is 5.97 Å². The van der Waals surface area contributed by atoms with E-state index in [2.05, 4.69) is 5.32 Å². The summed E-state index contributed by atoms with van der Waals surface area (Å²) in [6.45, 7) is 0.732. The van der Waals surface area contributed by atoms with Gasteiger partial charge in [-0.1, -0.05) is 0 Å². The normalized spacial score (nSPS) is 38.3.